The largest absolute Gasteiger partial charge is 0.472 e. The molecule has 2 atom stereocenters. The second-order valence-electron chi connectivity index (χ2n) is 3.15. The first-order valence-electron chi connectivity index (χ1n) is 4.81. The van der Waals surface area contributed by atoms with E-state index in [2.05, 4.69) is 20.9 Å². The smallest absolute Gasteiger partial charge is 0.335 e. The molecule has 0 aromatic carbocycles. The Labute approximate surface area is 105 Å². The summed E-state index contributed by atoms with van der Waals surface area (Å²) in [7, 11) is 0. The number of thiophene rings is 1. The number of esters is 1. The average Bonchev–Trinajstić information content (AvgIpc) is 2.85. The minimum absolute atomic E-state index is 0.342. The van der Waals surface area contributed by atoms with Crippen molar-refractivity contribution in [2.45, 2.75) is 19.1 Å². The molecular weight excluding hydrogens is 294 g/mol. The van der Waals surface area contributed by atoms with E-state index in [1.165, 1.54) is 17.7 Å². The van der Waals surface area contributed by atoms with Gasteiger partial charge in [0.05, 0.1) is 10.4 Å². The SMILES string of the molecule is CCOC(=O)C1N=COC1c1ccc(Br)s1. The number of hydrogen-bond donors (Lipinski definition) is 0. The molecule has 6 heteroatoms. The third-order valence-corrected chi connectivity index (χ3v) is 3.80. The van der Waals surface area contributed by atoms with Crippen LogP contribution in [0, 0.1) is 0 Å². The number of halogens is 1. The van der Waals surface area contributed by atoms with Crippen molar-refractivity contribution in [1.82, 2.24) is 0 Å². The number of hydrogen-bond acceptors (Lipinski definition) is 5. The van der Waals surface area contributed by atoms with Crippen molar-refractivity contribution in [3.05, 3.63) is 20.8 Å². The molecular formula is C10H10BrNO3S. The molecule has 1 aromatic heterocycles. The van der Waals surface area contributed by atoms with Gasteiger partial charge < -0.3 is 9.47 Å². The fourth-order valence-electron chi connectivity index (χ4n) is 1.43. The van der Waals surface area contributed by atoms with E-state index in [0.29, 0.717) is 6.61 Å². The summed E-state index contributed by atoms with van der Waals surface area (Å²) in [6, 6.07) is 3.26. The Kier molecular flexibility index (Phi) is 3.60. The van der Waals surface area contributed by atoms with Crippen molar-refractivity contribution in [2.75, 3.05) is 6.61 Å². The predicted octanol–water partition coefficient (Wildman–Crippen LogP) is 2.54. The first-order chi connectivity index (χ1) is 7.72. The highest BCUT2D eigenvalue weighted by Gasteiger charge is 2.35. The number of nitrogens with zero attached hydrogens (tertiary/aromatic N) is 1. The van der Waals surface area contributed by atoms with Gasteiger partial charge in [0.25, 0.3) is 0 Å². The van der Waals surface area contributed by atoms with Gasteiger partial charge in [-0.25, -0.2) is 9.79 Å². The number of carbonyl (C=O) groups excluding carboxylic acids is 1. The normalized spacial score (nSPS) is 23.1. The first-order valence-corrected chi connectivity index (χ1v) is 6.42. The Hall–Kier alpha value is -0.880. The van der Waals surface area contributed by atoms with Crippen LogP contribution in [0.1, 0.15) is 17.9 Å². The Morgan fingerprint density at radius 3 is 3.12 bits per heavy atom. The standard InChI is InChI=1S/C10H10BrNO3S/c1-2-14-10(13)8-9(15-5-12-8)6-3-4-7(11)16-6/h3-5,8-9H,2H2,1H3. The molecule has 2 rings (SSSR count). The highest BCUT2D eigenvalue weighted by molar-refractivity contribution is 9.11. The summed E-state index contributed by atoms with van der Waals surface area (Å²) in [5.74, 6) is -0.342. The van der Waals surface area contributed by atoms with Gasteiger partial charge in [-0.05, 0) is 35.0 Å². The molecule has 0 fully saturated rings. The van der Waals surface area contributed by atoms with Crippen LogP contribution >= 0.6 is 27.3 Å². The van der Waals surface area contributed by atoms with Crippen LogP contribution in [0.2, 0.25) is 0 Å². The van der Waals surface area contributed by atoms with E-state index >= 15 is 0 Å². The molecule has 0 aliphatic carbocycles. The Bertz CT molecular complexity index is 418. The van der Waals surface area contributed by atoms with Gasteiger partial charge >= 0.3 is 5.97 Å². The van der Waals surface area contributed by atoms with E-state index in [4.69, 9.17) is 9.47 Å². The zero-order chi connectivity index (χ0) is 11.5. The van der Waals surface area contributed by atoms with Crippen molar-refractivity contribution in [3.8, 4) is 0 Å². The van der Waals surface area contributed by atoms with E-state index < -0.39 is 6.04 Å². The van der Waals surface area contributed by atoms with Crippen LogP contribution < -0.4 is 0 Å². The quantitative estimate of drug-likeness (QED) is 0.806. The summed E-state index contributed by atoms with van der Waals surface area (Å²) in [4.78, 5) is 16.6. The molecule has 16 heavy (non-hydrogen) atoms. The summed E-state index contributed by atoms with van der Waals surface area (Å²) >= 11 is 4.90. The van der Waals surface area contributed by atoms with Gasteiger partial charge in [0, 0.05) is 4.88 Å². The predicted molar refractivity (Wildman–Crippen MR) is 64.8 cm³/mol. The molecule has 1 aliphatic rings. The van der Waals surface area contributed by atoms with Crippen LogP contribution in [-0.2, 0) is 14.3 Å². The maximum Gasteiger partial charge on any atom is 0.335 e. The fourth-order valence-corrected chi connectivity index (χ4v) is 2.93. The highest BCUT2D eigenvalue weighted by Crippen LogP contribution is 2.34. The minimum Gasteiger partial charge on any atom is -0.472 e. The second-order valence-corrected chi connectivity index (χ2v) is 5.64. The summed E-state index contributed by atoms with van der Waals surface area (Å²) in [5.41, 5.74) is 0. The highest BCUT2D eigenvalue weighted by atomic mass is 79.9. The molecule has 0 bridgehead atoms. The molecule has 2 unspecified atom stereocenters. The fraction of sp³-hybridized carbons (Fsp3) is 0.400. The molecule has 0 saturated carbocycles. The van der Waals surface area contributed by atoms with Crippen molar-refractivity contribution in [1.29, 1.82) is 0 Å². The molecule has 0 saturated heterocycles. The van der Waals surface area contributed by atoms with Gasteiger partial charge in [-0.3, -0.25) is 0 Å². The van der Waals surface area contributed by atoms with Gasteiger partial charge in [0.2, 0.25) is 0 Å². The van der Waals surface area contributed by atoms with Crippen LogP contribution in [0.5, 0.6) is 0 Å². The molecule has 4 nitrogen and oxygen atoms in total. The monoisotopic (exact) mass is 303 g/mol. The molecule has 0 spiro atoms. The zero-order valence-electron chi connectivity index (χ0n) is 8.55. The van der Waals surface area contributed by atoms with Crippen LogP contribution in [0.25, 0.3) is 0 Å². The molecule has 1 aliphatic heterocycles. The van der Waals surface area contributed by atoms with E-state index in [-0.39, 0.29) is 12.1 Å². The lowest BCUT2D eigenvalue weighted by molar-refractivity contribution is -0.146. The molecule has 0 radical (unpaired) electrons. The lowest BCUT2D eigenvalue weighted by atomic mass is 10.1. The lowest BCUT2D eigenvalue weighted by Gasteiger charge is -2.14. The summed E-state index contributed by atoms with van der Waals surface area (Å²) in [5, 5.41) is 0. The number of carbonyl (C=O) groups is 1. The topological polar surface area (TPSA) is 47.9 Å². The lowest BCUT2D eigenvalue weighted by Crippen LogP contribution is -2.25. The average molecular weight is 304 g/mol. The zero-order valence-corrected chi connectivity index (χ0v) is 11.0. The molecule has 86 valence electrons. The third-order valence-electron chi connectivity index (χ3n) is 2.12. The maximum absolute atomic E-state index is 11.6. The maximum atomic E-state index is 11.6. The minimum atomic E-state index is -0.578. The summed E-state index contributed by atoms with van der Waals surface area (Å²) in [6.45, 7) is 2.12. The number of aliphatic imine (C=N–C) groups is 1. The van der Waals surface area contributed by atoms with Gasteiger partial charge in [0.15, 0.2) is 18.5 Å². The molecule has 2 heterocycles. The van der Waals surface area contributed by atoms with Crippen molar-refractivity contribution >= 4 is 39.6 Å². The Morgan fingerprint density at radius 1 is 1.69 bits per heavy atom. The van der Waals surface area contributed by atoms with E-state index in [9.17, 15) is 4.79 Å². The number of ether oxygens (including phenoxy) is 2. The number of rotatable bonds is 3. The van der Waals surface area contributed by atoms with Crippen molar-refractivity contribution in [2.24, 2.45) is 4.99 Å². The Balaban J connectivity index is 2.13. The van der Waals surface area contributed by atoms with E-state index in [0.717, 1.165) is 8.66 Å². The van der Waals surface area contributed by atoms with E-state index in [1.807, 2.05) is 12.1 Å². The van der Waals surface area contributed by atoms with Crippen LogP contribution in [0.4, 0.5) is 0 Å². The van der Waals surface area contributed by atoms with Gasteiger partial charge in [0.1, 0.15) is 0 Å². The first kappa shape index (κ1) is 11.6. The van der Waals surface area contributed by atoms with Crippen LogP contribution in [0.3, 0.4) is 0 Å². The molecule has 0 amide bonds. The van der Waals surface area contributed by atoms with Gasteiger partial charge in [-0.2, -0.15) is 0 Å². The molecule has 1 aromatic rings. The van der Waals surface area contributed by atoms with E-state index in [1.54, 1.807) is 6.92 Å². The van der Waals surface area contributed by atoms with Crippen LogP contribution in [-0.4, -0.2) is 25.0 Å². The van der Waals surface area contributed by atoms with Gasteiger partial charge in [-0.1, -0.05) is 0 Å². The van der Waals surface area contributed by atoms with Crippen LogP contribution in [0.15, 0.2) is 20.9 Å². The second kappa shape index (κ2) is 4.97. The van der Waals surface area contributed by atoms with Crippen molar-refractivity contribution in [3.63, 3.8) is 0 Å². The summed E-state index contributed by atoms with van der Waals surface area (Å²) in [6.07, 6.45) is 0.968. The molecule has 0 N–H and O–H groups in total. The third kappa shape index (κ3) is 2.27. The summed E-state index contributed by atoms with van der Waals surface area (Å²) < 4.78 is 11.3. The van der Waals surface area contributed by atoms with Crippen molar-refractivity contribution < 1.29 is 14.3 Å². The Morgan fingerprint density at radius 2 is 2.50 bits per heavy atom. The van der Waals surface area contributed by atoms with Gasteiger partial charge in [-0.15, -0.1) is 11.3 Å².